The van der Waals surface area contributed by atoms with Gasteiger partial charge in [-0.15, -0.1) is 0 Å². The molecule has 182 valence electrons. The molecule has 1 saturated carbocycles. The zero-order valence-corrected chi connectivity index (χ0v) is 20.2. The Balaban J connectivity index is 1.52. The lowest BCUT2D eigenvalue weighted by molar-refractivity contribution is -0.144. The molecule has 1 fully saturated rings. The summed E-state index contributed by atoms with van der Waals surface area (Å²) in [5.41, 5.74) is 3.04. The number of rotatable bonds is 8. The number of carbonyl (C=O) groups is 2. The third-order valence-electron chi connectivity index (χ3n) is 7.23. The van der Waals surface area contributed by atoms with Gasteiger partial charge in [0.05, 0.1) is 18.2 Å². The standard InChI is InChI=1S/C28H36N2O4/c1-19(2)21-14-12-20(13-15-21)17-30-25-10-6-7-11-26(25)34-18-24(27(30)31)29-16-23(28(32)33)22-8-4-3-5-9-22/h6-7,10-15,19,22-24,29H,3-5,8-9,16-18H2,1-2H3,(H,32,33)/t23-,24-/m0/s1. The molecule has 2 aliphatic rings. The molecular formula is C28H36N2O4. The number of para-hydroxylation sites is 2. The minimum atomic E-state index is -0.785. The van der Waals surface area contributed by atoms with Gasteiger partial charge in [0, 0.05) is 6.54 Å². The fourth-order valence-corrected chi connectivity index (χ4v) is 5.11. The van der Waals surface area contributed by atoms with Crippen LogP contribution in [0.25, 0.3) is 0 Å². The molecular weight excluding hydrogens is 428 g/mol. The van der Waals surface area contributed by atoms with Gasteiger partial charge in [0.1, 0.15) is 18.4 Å². The van der Waals surface area contributed by atoms with Gasteiger partial charge in [0.25, 0.3) is 0 Å². The number of nitrogens with zero attached hydrogens (tertiary/aromatic N) is 1. The van der Waals surface area contributed by atoms with Crippen molar-refractivity contribution in [2.45, 2.75) is 64.5 Å². The quantitative estimate of drug-likeness (QED) is 0.576. The summed E-state index contributed by atoms with van der Waals surface area (Å²) in [6.07, 6.45) is 5.23. The number of anilines is 1. The summed E-state index contributed by atoms with van der Waals surface area (Å²) in [5, 5.41) is 13.1. The molecule has 6 nitrogen and oxygen atoms in total. The van der Waals surface area contributed by atoms with Crippen LogP contribution in [0, 0.1) is 11.8 Å². The van der Waals surface area contributed by atoms with E-state index in [1.807, 2.05) is 24.3 Å². The number of hydrogen-bond donors (Lipinski definition) is 2. The highest BCUT2D eigenvalue weighted by Gasteiger charge is 2.34. The molecule has 1 amide bonds. The summed E-state index contributed by atoms with van der Waals surface area (Å²) >= 11 is 0. The third-order valence-corrected chi connectivity index (χ3v) is 7.23. The predicted octanol–water partition coefficient (Wildman–Crippen LogP) is 4.97. The van der Waals surface area contributed by atoms with Crippen molar-refractivity contribution in [2.75, 3.05) is 18.1 Å². The number of nitrogens with one attached hydrogen (secondary N) is 1. The minimum absolute atomic E-state index is 0.0920. The van der Waals surface area contributed by atoms with E-state index < -0.39 is 17.9 Å². The van der Waals surface area contributed by atoms with Crippen LogP contribution in [0.5, 0.6) is 5.75 Å². The largest absolute Gasteiger partial charge is 0.489 e. The maximum absolute atomic E-state index is 13.7. The number of carbonyl (C=O) groups excluding carboxylic acids is 1. The van der Waals surface area contributed by atoms with Crippen molar-refractivity contribution >= 4 is 17.6 Å². The molecule has 2 aromatic rings. The third kappa shape index (κ3) is 5.61. The summed E-state index contributed by atoms with van der Waals surface area (Å²) < 4.78 is 6.02. The molecule has 1 heterocycles. The van der Waals surface area contributed by atoms with E-state index in [4.69, 9.17) is 4.74 Å². The monoisotopic (exact) mass is 464 g/mol. The lowest BCUT2D eigenvalue weighted by Gasteiger charge is -2.29. The smallest absolute Gasteiger partial charge is 0.308 e. The highest BCUT2D eigenvalue weighted by molar-refractivity contribution is 5.99. The van der Waals surface area contributed by atoms with Gasteiger partial charge >= 0.3 is 5.97 Å². The number of benzene rings is 2. The van der Waals surface area contributed by atoms with Gasteiger partial charge in [-0.05, 0) is 47.9 Å². The normalized spacial score (nSPS) is 19.9. The van der Waals surface area contributed by atoms with E-state index in [1.165, 1.54) is 12.0 Å². The number of aliphatic carboxylic acids is 1. The Bertz CT molecular complexity index is 982. The second kappa shape index (κ2) is 11.0. The van der Waals surface area contributed by atoms with Gasteiger partial charge in [0.15, 0.2) is 0 Å². The second-order valence-corrected chi connectivity index (χ2v) is 9.90. The van der Waals surface area contributed by atoms with E-state index in [1.54, 1.807) is 4.90 Å². The highest BCUT2D eigenvalue weighted by Crippen LogP contribution is 2.33. The van der Waals surface area contributed by atoms with Crippen molar-refractivity contribution in [3.63, 3.8) is 0 Å². The van der Waals surface area contributed by atoms with Crippen molar-refractivity contribution in [2.24, 2.45) is 11.8 Å². The lowest BCUT2D eigenvalue weighted by atomic mass is 9.80. The Morgan fingerprint density at radius 2 is 1.79 bits per heavy atom. The summed E-state index contributed by atoms with van der Waals surface area (Å²) in [6, 6.07) is 15.4. The number of hydrogen-bond acceptors (Lipinski definition) is 4. The van der Waals surface area contributed by atoms with Crippen LogP contribution in [0.2, 0.25) is 0 Å². The average molecular weight is 465 g/mol. The maximum Gasteiger partial charge on any atom is 0.308 e. The first kappa shape index (κ1) is 24.3. The molecule has 4 rings (SSSR count). The van der Waals surface area contributed by atoms with Crippen molar-refractivity contribution in [1.82, 2.24) is 5.32 Å². The second-order valence-electron chi connectivity index (χ2n) is 9.90. The van der Waals surface area contributed by atoms with Crippen LogP contribution in [-0.4, -0.2) is 36.2 Å². The molecule has 0 aromatic heterocycles. The molecule has 1 aliphatic heterocycles. The van der Waals surface area contributed by atoms with Gasteiger partial charge in [-0.2, -0.15) is 0 Å². The summed E-state index contributed by atoms with van der Waals surface area (Å²) in [4.78, 5) is 27.5. The van der Waals surface area contributed by atoms with Gasteiger partial charge in [-0.1, -0.05) is 69.5 Å². The van der Waals surface area contributed by atoms with Crippen LogP contribution in [0.1, 0.15) is 63.0 Å². The first-order chi connectivity index (χ1) is 16.4. The molecule has 0 bridgehead atoms. The zero-order valence-electron chi connectivity index (χ0n) is 20.2. The van der Waals surface area contributed by atoms with Crippen molar-refractivity contribution in [3.05, 3.63) is 59.7 Å². The molecule has 0 unspecified atom stereocenters. The van der Waals surface area contributed by atoms with Crippen LogP contribution in [-0.2, 0) is 16.1 Å². The molecule has 6 heteroatoms. The van der Waals surface area contributed by atoms with Crippen LogP contribution in [0.3, 0.4) is 0 Å². The molecule has 2 aromatic carbocycles. The SMILES string of the molecule is CC(C)c1ccc(CN2C(=O)[C@@H](NC[C@H](C(=O)O)C3CCCCC3)COc3ccccc32)cc1. The van der Waals surface area contributed by atoms with Crippen molar-refractivity contribution < 1.29 is 19.4 Å². The number of fused-ring (bicyclic) bond motifs is 1. The van der Waals surface area contributed by atoms with Crippen molar-refractivity contribution in [3.8, 4) is 5.75 Å². The van der Waals surface area contributed by atoms with Crippen LogP contribution >= 0.6 is 0 Å². The molecule has 34 heavy (non-hydrogen) atoms. The fraction of sp³-hybridized carbons (Fsp3) is 0.500. The maximum atomic E-state index is 13.7. The Hall–Kier alpha value is -2.86. The minimum Gasteiger partial charge on any atom is -0.489 e. The Morgan fingerprint density at radius 3 is 2.47 bits per heavy atom. The van der Waals surface area contributed by atoms with Crippen molar-refractivity contribution in [1.29, 1.82) is 0 Å². The van der Waals surface area contributed by atoms with E-state index >= 15 is 0 Å². The molecule has 0 saturated heterocycles. The lowest BCUT2D eigenvalue weighted by Crippen LogP contribution is -2.50. The average Bonchev–Trinajstić information content (AvgIpc) is 2.97. The Morgan fingerprint density at radius 1 is 1.09 bits per heavy atom. The van der Waals surface area contributed by atoms with E-state index in [0.717, 1.165) is 36.9 Å². The summed E-state index contributed by atoms with van der Waals surface area (Å²) in [5.74, 6) is -0.0922. The number of carboxylic acids is 1. The fourth-order valence-electron chi connectivity index (χ4n) is 5.11. The van der Waals surface area contributed by atoms with Gasteiger partial charge in [-0.3, -0.25) is 9.59 Å². The first-order valence-electron chi connectivity index (χ1n) is 12.5. The molecule has 1 aliphatic carbocycles. The van der Waals surface area contributed by atoms with Gasteiger partial charge in [-0.25, -0.2) is 0 Å². The molecule has 2 atom stereocenters. The number of ether oxygens (including phenoxy) is 1. The van der Waals surface area contributed by atoms with E-state index in [-0.39, 0.29) is 25.0 Å². The highest BCUT2D eigenvalue weighted by atomic mass is 16.5. The molecule has 0 radical (unpaired) electrons. The Labute approximate surface area is 202 Å². The van der Waals surface area contributed by atoms with E-state index in [9.17, 15) is 14.7 Å². The number of carboxylic acid groups (broad SMARTS) is 1. The molecule has 2 N–H and O–H groups in total. The van der Waals surface area contributed by atoms with Crippen LogP contribution < -0.4 is 15.0 Å². The van der Waals surface area contributed by atoms with E-state index in [2.05, 4.69) is 43.4 Å². The topological polar surface area (TPSA) is 78.9 Å². The first-order valence-corrected chi connectivity index (χ1v) is 12.5. The number of amides is 1. The zero-order chi connectivity index (χ0) is 24.1. The van der Waals surface area contributed by atoms with E-state index in [0.29, 0.717) is 18.2 Å². The van der Waals surface area contributed by atoms with Gasteiger partial charge in [0.2, 0.25) is 5.91 Å². The van der Waals surface area contributed by atoms with Gasteiger partial charge < -0.3 is 20.1 Å². The summed E-state index contributed by atoms with van der Waals surface area (Å²) in [6.45, 7) is 5.20. The predicted molar refractivity (Wildman–Crippen MR) is 133 cm³/mol. The molecule has 0 spiro atoms. The Kier molecular flexibility index (Phi) is 7.88. The summed E-state index contributed by atoms with van der Waals surface area (Å²) in [7, 11) is 0. The van der Waals surface area contributed by atoms with Crippen LogP contribution in [0.4, 0.5) is 5.69 Å². The van der Waals surface area contributed by atoms with Crippen LogP contribution in [0.15, 0.2) is 48.5 Å².